The molecule has 7 nitrogen and oxygen atoms in total. The first-order chi connectivity index (χ1) is 10.2. The van der Waals surface area contributed by atoms with Crippen molar-refractivity contribution in [3.8, 4) is 5.75 Å². The number of ether oxygens (including phenoxy) is 1. The highest BCUT2D eigenvalue weighted by Gasteiger charge is 2.22. The molecule has 0 aliphatic rings. The fraction of sp³-hybridized carbons (Fsp3) is 0.357. The van der Waals surface area contributed by atoms with Crippen molar-refractivity contribution in [3.05, 3.63) is 35.5 Å². The lowest BCUT2D eigenvalue weighted by molar-refractivity contribution is -0.767. The van der Waals surface area contributed by atoms with E-state index < -0.39 is 0 Å². The van der Waals surface area contributed by atoms with Crippen LogP contribution in [0.2, 0.25) is 0 Å². The Morgan fingerprint density at radius 2 is 2.24 bits per heavy atom. The van der Waals surface area contributed by atoms with Crippen LogP contribution in [-0.2, 0) is 19.5 Å². The number of nitrogens with two attached hydrogens (primary N) is 1. The zero-order valence-electron chi connectivity index (χ0n) is 12.1. The predicted octanol–water partition coefficient (Wildman–Crippen LogP) is 0.0823. The van der Waals surface area contributed by atoms with Crippen LogP contribution < -0.4 is 20.3 Å². The minimum Gasteiger partial charge on any atom is -0.862 e. The van der Waals surface area contributed by atoms with E-state index >= 15 is 0 Å². The average Bonchev–Trinajstić information content (AvgIpc) is 2.86. The van der Waals surface area contributed by atoms with E-state index in [0.717, 1.165) is 11.3 Å². The van der Waals surface area contributed by atoms with E-state index in [1.165, 1.54) is 6.92 Å². The minimum atomic E-state index is -0.349. The van der Waals surface area contributed by atoms with Gasteiger partial charge >= 0.3 is 5.88 Å². The Hall–Kier alpha value is -2.41. The van der Waals surface area contributed by atoms with Gasteiger partial charge in [0.25, 0.3) is 5.69 Å². The lowest BCUT2D eigenvalue weighted by Gasteiger charge is -2.05. The van der Waals surface area contributed by atoms with Crippen molar-refractivity contribution in [2.75, 3.05) is 7.11 Å². The first-order valence-corrected chi connectivity index (χ1v) is 6.58. The van der Waals surface area contributed by atoms with Gasteiger partial charge < -0.3 is 15.6 Å². The summed E-state index contributed by atoms with van der Waals surface area (Å²) in [7, 11) is 1.64. The van der Waals surface area contributed by atoms with Crippen LogP contribution >= 0.6 is 0 Å². The lowest BCUT2D eigenvalue weighted by atomic mass is 10.1. The first kappa shape index (κ1) is 15.0. The maximum Gasteiger partial charge on any atom is 0.325 e. The van der Waals surface area contributed by atoms with Gasteiger partial charge in [0.05, 0.1) is 13.7 Å². The number of benzene rings is 1. The zero-order chi connectivity index (χ0) is 15.2. The van der Waals surface area contributed by atoms with Crippen LogP contribution in [0.5, 0.6) is 5.75 Å². The second kappa shape index (κ2) is 6.85. The van der Waals surface area contributed by atoms with E-state index in [4.69, 9.17) is 15.0 Å². The summed E-state index contributed by atoms with van der Waals surface area (Å²) >= 11 is 0. The topological polar surface area (TPSA) is 101 Å². The van der Waals surface area contributed by atoms with Gasteiger partial charge in [0.15, 0.2) is 6.54 Å². The summed E-state index contributed by atoms with van der Waals surface area (Å²) in [5.74, 6) is 0.646. The smallest absolute Gasteiger partial charge is 0.325 e. The maximum absolute atomic E-state index is 11.0. The molecule has 0 atom stereocenters. The molecule has 0 unspecified atom stereocenters. The van der Waals surface area contributed by atoms with Crippen molar-refractivity contribution in [1.82, 2.24) is 5.27 Å². The predicted molar refractivity (Wildman–Crippen MR) is 74.1 cm³/mol. The Kier molecular flexibility index (Phi) is 4.89. The van der Waals surface area contributed by atoms with Crippen LogP contribution in [-0.4, -0.2) is 18.3 Å². The molecule has 0 spiro atoms. The molecule has 0 aliphatic heterocycles. The Balaban J connectivity index is 2.17. The minimum absolute atomic E-state index is 0.171. The molecule has 0 saturated carbocycles. The standard InChI is InChI=1S/C14H18N4O3/c1-10(19)16-14-12(9-15)18(17-21-14)8-7-11-5-3-4-6-13(11)20-2/h3-6H,7-9,15H2,1-2H3. The molecule has 1 aromatic carbocycles. The molecule has 0 fully saturated rings. The van der Waals surface area contributed by atoms with E-state index in [2.05, 4.69) is 10.3 Å². The normalized spacial score (nSPS) is 11.7. The van der Waals surface area contributed by atoms with E-state index in [1.807, 2.05) is 24.3 Å². The van der Waals surface area contributed by atoms with Crippen molar-refractivity contribution in [2.45, 2.75) is 26.4 Å². The molecule has 1 aromatic heterocycles. The van der Waals surface area contributed by atoms with E-state index in [0.29, 0.717) is 18.7 Å². The van der Waals surface area contributed by atoms with Crippen LogP contribution in [0.1, 0.15) is 18.2 Å². The van der Waals surface area contributed by atoms with Crippen LogP contribution in [0.25, 0.3) is 0 Å². The summed E-state index contributed by atoms with van der Waals surface area (Å²) < 4.78 is 12.0. The van der Waals surface area contributed by atoms with Gasteiger partial charge in [-0.05, 0) is 23.6 Å². The number of methoxy groups -OCH3 is 1. The second-order valence-electron chi connectivity index (χ2n) is 4.44. The number of aliphatic imine (C=N–C) groups is 1. The third-order valence-corrected chi connectivity index (χ3v) is 3.02. The van der Waals surface area contributed by atoms with Crippen molar-refractivity contribution in [1.29, 1.82) is 0 Å². The molecule has 1 heterocycles. The molecular formula is C14H18N4O3. The van der Waals surface area contributed by atoms with Gasteiger partial charge in [0, 0.05) is 12.0 Å². The molecule has 0 bridgehead atoms. The van der Waals surface area contributed by atoms with Gasteiger partial charge in [0.2, 0.25) is 5.27 Å². The summed E-state index contributed by atoms with van der Waals surface area (Å²) in [6, 6.07) is 7.76. The van der Waals surface area contributed by atoms with Gasteiger partial charge in [-0.1, -0.05) is 18.2 Å². The van der Waals surface area contributed by atoms with Gasteiger partial charge in [-0.2, -0.15) is 0 Å². The Morgan fingerprint density at radius 1 is 1.48 bits per heavy atom. The monoisotopic (exact) mass is 290 g/mol. The highest BCUT2D eigenvalue weighted by Crippen LogP contribution is 2.18. The second-order valence-corrected chi connectivity index (χ2v) is 4.44. The molecule has 0 aliphatic carbocycles. The average molecular weight is 290 g/mol. The summed E-state index contributed by atoms with van der Waals surface area (Å²) in [6.07, 6.45) is 0.702. The molecular weight excluding hydrogens is 272 g/mol. The molecule has 0 radical (unpaired) electrons. The molecule has 21 heavy (non-hydrogen) atoms. The molecule has 0 saturated heterocycles. The summed E-state index contributed by atoms with van der Waals surface area (Å²) in [6.45, 7) is 2.10. The Labute approximate surface area is 122 Å². The first-order valence-electron chi connectivity index (χ1n) is 6.58. The highest BCUT2D eigenvalue weighted by molar-refractivity contribution is 5.71. The lowest BCUT2D eigenvalue weighted by Crippen LogP contribution is -2.41. The number of hydrogen-bond acceptors (Lipinski definition) is 6. The van der Waals surface area contributed by atoms with Crippen molar-refractivity contribution in [3.63, 3.8) is 0 Å². The van der Waals surface area contributed by atoms with Crippen LogP contribution in [0.4, 0.5) is 5.88 Å². The molecule has 2 N–H and O–H groups in total. The molecule has 2 aromatic rings. The van der Waals surface area contributed by atoms with Gasteiger partial charge in [-0.15, -0.1) is 0 Å². The summed E-state index contributed by atoms with van der Waals surface area (Å²) in [5.41, 5.74) is 7.34. The van der Waals surface area contributed by atoms with E-state index in [-0.39, 0.29) is 18.3 Å². The Morgan fingerprint density at radius 3 is 2.90 bits per heavy atom. The Bertz CT molecular complexity index is 633. The fourth-order valence-electron chi connectivity index (χ4n) is 2.03. The fourth-order valence-corrected chi connectivity index (χ4v) is 2.03. The number of aromatic nitrogens is 2. The maximum atomic E-state index is 11.0. The number of aryl methyl sites for hydroxylation is 2. The van der Waals surface area contributed by atoms with Crippen LogP contribution in [0.3, 0.4) is 0 Å². The number of hydrogen-bond donors (Lipinski definition) is 1. The van der Waals surface area contributed by atoms with Gasteiger partial charge in [-0.3, -0.25) is 4.52 Å². The largest absolute Gasteiger partial charge is 0.862 e. The van der Waals surface area contributed by atoms with Crippen LogP contribution in [0, 0.1) is 0 Å². The number of rotatable bonds is 6. The number of nitrogens with zero attached hydrogens (tertiary/aromatic N) is 3. The molecule has 7 heteroatoms. The van der Waals surface area contributed by atoms with E-state index in [1.54, 1.807) is 11.8 Å². The third-order valence-electron chi connectivity index (χ3n) is 3.02. The van der Waals surface area contributed by atoms with Crippen molar-refractivity contribution >= 4 is 11.8 Å². The van der Waals surface area contributed by atoms with Crippen molar-refractivity contribution < 1.29 is 19.0 Å². The van der Waals surface area contributed by atoms with Crippen molar-refractivity contribution in [2.24, 2.45) is 10.7 Å². The quantitative estimate of drug-likeness (QED) is 0.461. The third kappa shape index (κ3) is 3.57. The van der Waals surface area contributed by atoms with Gasteiger partial charge in [0.1, 0.15) is 5.75 Å². The van der Waals surface area contributed by atoms with E-state index in [9.17, 15) is 5.11 Å². The summed E-state index contributed by atoms with van der Waals surface area (Å²) in [4.78, 5) is 3.75. The molecule has 2 rings (SSSR count). The SMILES string of the molecule is COc1ccccc1CC[n+]1noc(/N=C(/C)[O-])c1CN. The highest BCUT2D eigenvalue weighted by atomic mass is 16.5. The molecule has 112 valence electrons. The zero-order valence-corrected chi connectivity index (χ0v) is 12.1. The van der Waals surface area contributed by atoms with Gasteiger partial charge in [-0.25, -0.2) is 4.99 Å². The number of para-hydroxylation sites is 1. The molecule has 0 amide bonds. The van der Waals surface area contributed by atoms with Crippen LogP contribution in [0.15, 0.2) is 33.8 Å². The summed E-state index contributed by atoms with van der Waals surface area (Å²) in [5, 5.41) is 14.9.